The monoisotopic (exact) mass is 447 g/mol. The highest BCUT2D eigenvalue weighted by Gasteiger charge is 2.23. The number of fused-ring (bicyclic) bond motifs is 1. The summed E-state index contributed by atoms with van der Waals surface area (Å²) < 4.78 is 0. The molecule has 0 radical (unpaired) electrons. The van der Waals surface area contributed by atoms with Crippen LogP contribution in [0.3, 0.4) is 0 Å². The maximum absolute atomic E-state index is 12.4. The highest BCUT2D eigenvalue weighted by molar-refractivity contribution is 5.92. The number of carbonyl (C=O) groups is 1. The summed E-state index contributed by atoms with van der Waals surface area (Å²) in [5.74, 6) is 1.57. The van der Waals surface area contributed by atoms with Gasteiger partial charge in [-0.25, -0.2) is 4.98 Å². The summed E-state index contributed by atoms with van der Waals surface area (Å²) in [6.07, 6.45) is 6.02. The van der Waals surface area contributed by atoms with Crippen molar-refractivity contribution in [1.82, 2.24) is 20.1 Å². The lowest BCUT2D eigenvalue weighted by Gasteiger charge is -2.29. The van der Waals surface area contributed by atoms with Crippen molar-refractivity contribution in [1.29, 1.82) is 0 Å². The van der Waals surface area contributed by atoms with Crippen LogP contribution in [0.4, 0.5) is 5.82 Å². The van der Waals surface area contributed by atoms with Crippen LogP contribution in [0.15, 0.2) is 42.5 Å². The molecule has 6 heteroatoms. The van der Waals surface area contributed by atoms with E-state index in [9.17, 15) is 4.79 Å². The Morgan fingerprint density at radius 2 is 1.76 bits per heavy atom. The number of aromatic nitrogens is 1. The van der Waals surface area contributed by atoms with E-state index in [-0.39, 0.29) is 5.91 Å². The number of anilines is 1. The first-order valence-electron chi connectivity index (χ1n) is 12.8. The second-order valence-corrected chi connectivity index (χ2v) is 9.87. The van der Waals surface area contributed by atoms with E-state index in [0.717, 1.165) is 58.1 Å². The van der Waals surface area contributed by atoms with Gasteiger partial charge in [0.15, 0.2) is 0 Å². The third kappa shape index (κ3) is 6.12. The SMILES string of the molecule is O=C(NCC1CC1)c1cccc(N2CCCN(CCCN3CCc4ccccc4C3)CC2)n1. The van der Waals surface area contributed by atoms with Gasteiger partial charge in [-0.2, -0.15) is 0 Å². The number of amides is 1. The van der Waals surface area contributed by atoms with Crippen molar-refractivity contribution in [2.24, 2.45) is 5.92 Å². The Hall–Kier alpha value is -2.44. The van der Waals surface area contributed by atoms with Crippen molar-refractivity contribution in [2.75, 3.05) is 57.3 Å². The highest BCUT2D eigenvalue weighted by Crippen LogP contribution is 2.27. The summed E-state index contributed by atoms with van der Waals surface area (Å²) in [6, 6.07) is 14.7. The summed E-state index contributed by atoms with van der Waals surface area (Å²) in [5.41, 5.74) is 3.57. The van der Waals surface area contributed by atoms with Gasteiger partial charge in [0, 0.05) is 39.3 Å². The van der Waals surface area contributed by atoms with Crippen molar-refractivity contribution >= 4 is 11.7 Å². The minimum Gasteiger partial charge on any atom is -0.355 e. The first-order chi connectivity index (χ1) is 16.2. The average Bonchev–Trinajstić information content (AvgIpc) is 3.70. The maximum Gasteiger partial charge on any atom is 0.269 e. The number of benzene rings is 1. The molecule has 1 N–H and O–H groups in total. The fourth-order valence-electron chi connectivity index (χ4n) is 5.06. The largest absolute Gasteiger partial charge is 0.355 e. The van der Waals surface area contributed by atoms with Crippen LogP contribution in [0.2, 0.25) is 0 Å². The van der Waals surface area contributed by atoms with Crippen LogP contribution in [0, 0.1) is 5.92 Å². The lowest BCUT2D eigenvalue weighted by molar-refractivity contribution is 0.0947. The summed E-state index contributed by atoms with van der Waals surface area (Å²) in [6.45, 7) is 9.56. The van der Waals surface area contributed by atoms with Crippen LogP contribution >= 0.6 is 0 Å². The standard InChI is InChI=1S/C27H37N5O/c33-27(28-20-22-10-11-22)25-8-3-9-26(29-25)32-16-5-14-30(18-19-32)13-4-15-31-17-12-23-6-1-2-7-24(23)21-31/h1-3,6-9,22H,4-5,10-21H2,(H,28,33). The van der Waals surface area contributed by atoms with E-state index in [1.807, 2.05) is 18.2 Å². The molecule has 1 saturated heterocycles. The molecule has 0 bridgehead atoms. The smallest absolute Gasteiger partial charge is 0.269 e. The lowest BCUT2D eigenvalue weighted by Crippen LogP contribution is -2.35. The Labute approximate surface area is 198 Å². The fraction of sp³-hybridized carbons (Fsp3) is 0.556. The molecule has 0 unspecified atom stereocenters. The normalized spacial score (nSPS) is 19.7. The van der Waals surface area contributed by atoms with Crippen LogP contribution in [-0.4, -0.2) is 73.0 Å². The predicted octanol–water partition coefficient (Wildman–Crippen LogP) is 3.18. The molecule has 3 aliphatic rings. The first kappa shape index (κ1) is 22.4. The minimum atomic E-state index is -0.0412. The second kappa shape index (κ2) is 10.7. The molecule has 0 spiro atoms. The van der Waals surface area contributed by atoms with Gasteiger partial charge in [-0.05, 0) is 80.9 Å². The van der Waals surface area contributed by atoms with Crippen LogP contribution in [-0.2, 0) is 13.0 Å². The van der Waals surface area contributed by atoms with Crippen LogP contribution < -0.4 is 10.2 Å². The fourth-order valence-corrected chi connectivity index (χ4v) is 5.06. The molecule has 0 atom stereocenters. The summed E-state index contributed by atoms with van der Waals surface area (Å²) in [7, 11) is 0. The van der Waals surface area contributed by atoms with Gasteiger partial charge in [0.25, 0.3) is 5.91 Å². The Balaban J connectivity index is 1.07. The number of nitrogens with zero attached hydrogens (tertiary/aromatic N) is 4. The molecular weight excluding hydrogens is 410 g/mol. The molecule has 176 valence electrons. The number of rotatable bonds is 8. The van der Waals surface area contributed by atoms with Gasteiger partial charge >= 0.3 is 0 Å². The van der Waals surface area contributed by atoms with E-state index in [1.165, 1.54) is 49.9 Å². The quantitative estimate of drug-likeness (QED) is 0.674. The highest BCUT2D eigenvalue weighted by atomic mass is 16.1. The van der Waals surface area contributed by atoms with Gasteiger partial charge in [0.2, 0.25) is 0 Å². The number of carbonyl (C=O) groups excluding carboxylic acids is 1. The summed E-state index contributed by atoms with van der Waals surface area (Å²) >= 11 is 0. The van der Waals surface area contributed by atoms with Gasteiger partial charge in [0.1, 0.15) is 11.5 Å². The number of nitrogens with one attached hydrogen (secondary N) is 1. The zero-order chi connectivity index (χ0) is 22.5. The molecule has 1 aliphatic carbocycles. The van der Waals surface area contributed by atoms with Crippen LogP contribution in [0.25, 0.3) is 0 Å². The summed E-state index contributed by atoms with van der Waals surface area (Å²) in [4.78, 5) is 24.7. The van der Waals surface area contributed by atoms with Crippen molar-refractivity contribution in [3.8, 4) is 0 Å². The van der Waals surface area contributed by atoms with Crippen LogP contribution in [0.1, 0.15) is 47.3 Å². The van der Waals surface area contributed by atoms with Crippen molar-refractivity contribution in [2.45, 2.75) is 38.6 Å². The molecule has 2 fully saturated rings. The number of hydrogen-bond acceptors (Lipinski definition) is 5. The molecule has 1 aromatic heterocycles. The van der Waals surface area contributed by atoms with Crippen molar-refractivity contribution < 1.29 is 4.79 Å². The number of pyridine rings is 1. The molecule has 2 aromatic rings. The van der Waals surface area contributed by atoms with Gasteiger partial charge in [-0.15, -0.1) is 0 Å². The molecular formula is C27H37N5O. The van der Waals surface area contributed by atoms with E-state index in [1.54, 1.807) is 0 Å². The Bertz CT molecular complexity index is 944. The zero-order valence-corrected chi connectivity index (χ0v) is 19.7. The van der Waals surface area contributed by atoms with Crippen LogP contribution in [0.5, 0.6) is 0 Å². The van der Waals surface area contributed by atoms with Crippen molar-refractivity contribution in [3.05, 3.63) is 59.3 Å². The third-order valence-electron chi connectivity index (χ3n) is 7.29. The molecule has 5 rings (SSSR count). The van der Waals surface area contributed by atoms with Gasteiger partial charge in [-0.3, -0.25) is 9.69 Å². The van der Waals surface area contributed by atoms with E-state index in [0.29, 0.717) is 11.6 Å². The molecule has 6 nitrogen and oxygen atoms in total. The summed E-state index contributed by atoms with van der Waals surface area (Å²) in [5, 5.41) is 3.03. The number of hydrogen-bond donors (Lipinski definition) is 1. The predicted molar refractivity (Wildman–Crippen MR) is 133 cm³/mol. The maximum atomic E-state index is 12.4. The van der Waals surface area contributed by atoms with E-state index < -0.39 is 0 Å². The first-order valence-corrected chi connectivity index (χ1v) is 12.8. The lowest BCUT2D eigenvalue weighted by atomic mass is 10.00. The van der Waals surface area contributed by atoms with Gasteiger partial charge in [-0.1, -0.05) is 30.3 Å². The van der Waals surface area contributed by atoms with Crippen molar-refractivity contribution in [3.63, 3.8) is 0 Å². The van der Waals surface area contributed by atoms with Gasteiger partial charge < -0.3 is 15.1 Å². The molecule has 1 aromatic carbocycles. The topological polar surface area (TPSA) is 51.7 Å². The zero-order valence-electron chi connectivity index (χ0n) is 19.7. The Kier molecular flexibility index (Phi) is 7.22. The molecule has 2 aliphatic heterocycles. The van der Waals surface area contributed by atoms with E-state index >= 15 is 0 Å². The average molecular weight is 448 g/mol. The molecule has 1 saturated carbocycles. The van der Waals surface area contributed by atoms with E-state index in [4.69, 9.17) is 4.98 Å². The third-order valence-corrected chi connectivity index (χ3v) is 7.29. The molecule has 33 heavy (non-hydrogen) atoms. The molecule has 1 amide bonds. The Morgan fingerprint density at radius 3 is 2.64 bits per heavy atom. The van der Waals surface area contributed by atoms with E-state index in [2.05, 4.69) is 44.3 Å². The minimum absolute atomic E-state index is 0.0412. The second-order valence-electron chi connectivity index (χ2n) is 9.87. The Morgan fingerprint density at radius 1 is 0.909 bits per heavy atom. The molecule has 3 heterocycles. The van der Waals surface area contributed by atoms with Gasteiger partial charge in [0.05, 0.1) is 0 Å².